The summed E-state index contributed by atoms with van der Waals surface area (Å²) in [6.45, 7) is 2.81. The average molecular weight is 412 g/mol. The van der Waals surface area contributed by atoms with Gasteiger partial charge in [0.05, 0.1) is 11.8 Å². The van der Waals surface area contributed by atoms with Crippen molar-refractivity contribution in [3.05, 3.63) is 57.1 Å². The molecule has 1 aliphatic heterocycles. The monoisotopic (exact) mass is 412 g/mol. The molecule has 4 rings (SSSR count). The third kappa shape index (κ3) is 3.79. The number of hydrogen-bond acceptors (Lipinski definition) is 8. The van der Waals surface area contributed by atoms with Crippen molar-refractivity contribution in [1.29, 1.82) is 0 Å². The highest BCUT2D eigenvalue weighted by atomic mass is 16.5. The van der Waals surface area contributed by atoms with Crippen molar-refractivity contribution in [3.63, 3.8) is 0 Å². The summed E-state index contributed by atoms with van der Waals surface area (Å²) >= 11 is 0. The van der Waals surface area contributed by atoms with Crippen LogP contribution in [0.3, 0.4) is 0 Å². The second-order valence-electron chi connectivity index (χ2n) is 6.70. The molecule has 2 aromatic heterocycles. The Morgan fingerprint density at radius 2 is 2.07 bits per heavy atom. The van der Waals surface area contributed by atoms with Crippen molar-refractivity contribution in [2.75, 3.05) is 13.2 Å². The van der Waals surface area contributed by atoms with Crippen LogP contribution in [-0.4, -0.2) is 49.7 Å². The number of carbonyl (C=O) groups is 1. The van der Waals surface area contributed by atoms with Crippen LogP contribution in [0.1, 0.15) is 30.5 Å². The lowest BCUT2D eigenvalue weighted by Crippen LogP contribution is -2.41. The van der Waals surface area contributed by atoms with Gasteiger partial charge >= 0.3 is 17.5 Å². The van der Waals surface area contributed by atoms with Crippen LogP contribution in [0.15, 0.2) is 44.4 Å². The standard InChI is InChI=1S/C19H20N6O5/c1-2-24-18(27)14(22-25(19(24)28)12-7-4-3-5-8-12)15-21-17(30-23-15)16(26)20-11-13-9-6-10-29-13/h3-5,7-8,13H,2,6,9-11H2,1H3,(H,20,26). The fraction of sp³-hybridized carbons (Fsp3) is 0.368. The molecular weight excluding hydrogens is 392 g/mol. The maximum absolute atomic E-state index is 12.7. The van der Waals surface area contributed by atoms with E-state index < -0.39 is 17.2 Å². The Bertz CT molecular complexity index is 1160. The molecule has 1 aliphatic rings. The van der Waals surface area contributed by atoms with Gasteiger partial charge in [-0.15, -0.1) is 0 Å². The molecule has 1 atom stereocenters. The van der Waals surface area contributed by atoms with Crippen LogP contribution in [0.25, 0.3) is 17.2 Å². The van der Waals surface area contributed by atoms with E-state index in [1.165, 1.54) is 0 Å². The zero-order chi connectivity index (χ0) is 21.1. The van der Waals surface area contributed by atoms with Gasteiger partial charge in [-0.1, -0.05) is 23.4 Å². The van der Waals surface area contributed by atoms with Crippen LogP contribution < -0.4 is 16.6 Å². The summed E-state index contributed by atoms with van der Waals surface area (Å²) in [7, 11) is 0. The summed E-state index contributed by atoms with van der Waals surface area (Å²) in [5, 5.41) is 10.5. The van der Waals surface area contributed by atoms with Crippen molar-refractivity contribution in [2.45, 2.75) is 32.4 Å². The van der Waals surface area contributed by atoms with E-state index in [9.17, 15) is 14.4 Å². The van der Waals surface area contributed by atoms with Crippen molar-refractivity contribution >= 4 is 5.91 Å². The highest BCUT2D eigenvalue weighted by Gasteiger charge is 2.23. The molecular formula is C19H20N6O5. The first kappa shape index (κ1) is 19.7. The number of nitrogens with one attached hydrogen (secondary N) is 1. The molecule has 3 aromatic rings. The number of benzene rings is 1. The minimum absolute atomic E-state index is 0.0378. The fourth-order valence-electron chi connectivity index (χ4n) is 3.17. The van der Waals surface area contributed by atoms with E-state index in [0.717, 1.165) is 22.1 Å². The number of amides is 1. The highest BCUT2D eigenvalue weighted by Crippen LogP contribution is 2.12. The molecule has 1 fully saturated rings. The molecule has 1 saturated heterocycles. The molecule has 0 saturated carbocycles. The zero-order valence-corrected chi connectivity index (χ0v) is 16.3. The molecule has 1 unspecified atom stereocenters. The first-order valence-corrected chi connectivity index (χ1v) is 9.62. The zero-order valence-electron chi connectivity index (χ0n) is 16.3. The van der Waals surface area contributed by atoms with Gasteiger partial charge in [-0.2, -0.15) is 14.8 Å². The molecule has 0 radical (unpaired) electrons. The predicted molar refractivity (Wildman–Crippen MR) is 104 cm³/mol. The first-order valence-electron chi connectivity index (χ1n) is 9.62. The predicted octanol–water partition coefficient (Wildman–Crippen LogP) is 0.373. The smallest absolute Gasteiger partial charge is 0.352 e. The maximum Gasteiger partial charge on any atom is 0.352 e. The van der Waals surface area contributed by atoms with Crippen LogP contribution in [0.5, 0.6) is 0 Å². The number of nitrogens with zero attached hydrogens (tertiary/aromatic N) is 5. The Kier molecular flexibility index (Phi) is 5.53. The number of carbonyl (C=O) groups excluding carboxylic acids is 1. The summed E-state index contributed by atoms with van der Waals surface area (Å²) in [5.74, 6) is -1.05. The number of rotatable bonds is 6. The van der Waals surface area contributed by atoms with E-state index in [1.54, 1.807) is 37.3 Å². The highest BCUT2D eigenvalue weighted by molar-refractivity contribution is 5.89. The maximum atomic E-state index is 12.7. The molecule has 3 heterocycles. The van der Waals surface area contributed by atoms with Crippen molar-refractivity contribution in [3.8, 4) is 17.2 Å². The Hall–Kier alpha value is -3.60. The minimum Gasteiger partial charge on any atom is -0.376 e. The second kappa shape index (κ2) is 8.41. The van der Waals surface area contributed by atoms with Gasteiger partial charge in [-0.3, -0.25) is 14.2 Å². The molecule has 11 heteroatoms. The lowest BCUT2D eigenvalue weighted by molar-refractivity contribution is 0.0822. The Morgan fingerprint density at radius 1 is 1.27 bits per heavy atom. The third-order valence-electron chi connectivity index (χ3n) is 4.72. The van der Waals surface area contributed by atoms with E-state index >= 15 is 0 Å². The summed E-state index contributed by atoms with van der Waals surface area (Å²) in [5.41, 5.74) is -0.969. The SMILES string of the molecule is CCn1c(=O)c(-c2noc(C(=O)NCC3CCCO3)n2)nn(-c2ccccc2)c1=O. The molecule has 0 bridgehead atoms. The molecule has 1 amide bonds. The number of ether oxygens (including phenoxy) is 1. The van der Waals surface area contributed by atoms with Gasteiger partial charge < -0.3 is 14.6 Å². The molecule has 156 valence electrons. The lowest BCUT2D eigenvalue weighted by Gasteiger charge is -2.09. The van der Waals surface area contributed by atoms with Gasteiger partial charge in [-0.25, -0.2) is 4.79 Å². The van der Waals surface area contributed by atoms with Crippen LogP contribution >= 0.6 is 0 Å². The van der Waals surface area contributed by atoms with Crippen LogP contribution in [0, 0.1) is 0 Å². The van der Waals surface area contributed by atoms with Crippen LogP contribution in [0.2, 0.25) is 0 Å². The molecule has 0 spiro atoms. The van der Waals surface area contributed by atoms with E-state index in [-0.39, 0.29) is 30.1 Å². The molecule has 1 N–H and O–H groups in total. The Labute approximate surface area is 170 Å². The van der Waals surface area contributed by atoms with E-state index in [1.807, 2.05) is 0 Å². The van der Waals surface area contributed by atoms with Gasteiger partial charge in [0.2, 0.25) is 5.82 Å². The summed E-state index contributed by atoms with van der Waals surface area (Å²) in [6.07, 6.45) is 1.79. The molecule has 11 nitrogen and oxygen atoms in total. The normalized spacial score (nSPS) is 16.0. The molecule has 1 aromatic carbocycles. The number of para-hydroxylation sites is 1. The van der Waals surface area contributed by atoms with Crippen molar-refractivity contribution < 1.29 is 14.1 Å². The summed E-state index contributed by atoms with van der Waals surface area (Å²) < 4.78 is 12.6. The molecule has 30 heavy (non-hydrogen) atoms. The number of hydrogen-bond donors (Lipinski definition) is 1. The minimum atomic E-state index is -0.665. The first-order chi connectivity index (χ1) is 14.6. The van der Waals surface area contributed by atoms with Gasteiger partial charge in [0.25, 0.3) is 5.56 Å². The Balaban J connectivity index is 1.66. The quantitative estimate of drug-likeness (QED) is 0.614. The van der Waals surface area contributed by atoms with Crippen LogP contribution in [0.4, 0.5) is 0 Å². The Morgan fingerprint density at radius 3 is 2.77 bits per heavy atom. The van der Waals surface area contributed by atoms with Gasteiger partial charge in [0.1, 0.15) is 0 Å². The van der Waals surface area contributed by atoms with Gasteiger partial charge in [0.15, 0.2) is 5.69 Å². The van der Waals surface area contributed by atoms with E-state index in [2.05, 4.69) is 20.6 Å². The lowest BCUT2D eigenvalue weighted by atomic mass is 10.2. The van der Waals surface area contributed by atoms with Gasteiger partial charge in [0, 0.05) is 19.7 Å². The summed E-state index contributed by atoms with van der Waals surface area (Å²) in [6, 6.07) is 8.66. The topological polar surface area (TPSA) is 134 Å². The average Bonchev–Trinajstić information content (AvgIpc) is 3.46. The second-order valence-corrected chi connectivity index (χ2v) is 6.70. The van der Waals surface area contributed by atoms with Crippen molar-refractivity contribution in [2.24, 2.45) is 0 Å². The van der Waals surface area contributed by atoms with E-state index in [4.69, 9.17) is 9.26 Å². The third-order valence-corrected chi connectivity index (χ3v) is 4.72. The van der Waals surface area contributed by atoms with Crippen LogP contribution in [-0.2, 0) is 11.3 Å². The van der Waals surface area contributed by atoms with Gasteiger partial charge in [-0.05, 0) is 31.9 Å². The van der Waals surface area contributed by atoms with E-state index in [0.29, 0.717) is 18.8 Å². The largest absolute Gasteiger partial charge is 0.376 e. The number of aromatic nitrogens is 5. The fourth-order valence-corrected chi connectivity index (χ4v) is 3.17. The van der Waals surface area contributed by atoms with Crippen molar-refractivity contribution in [1.82, 2.24) is 29.8 Å². The summed E-state index contributed by atoms with van der Waals surface area (Å²) in [4.78, 5) is 41.7. The molecule has 0 aliphatic carbocycles.